The molecule has 3 atom stereocenters. The molecule has 0 aliphatic carbocycles. The second kappa shape index (κ2) is 43.0. The van der Waals surface area contributed by atoms with Gasteiger partial charge in [-0.15, -0.1) is 0 Å². The minimum atomic E-state index is -4.62. The maximum atomic E-state index is 12.6. The van der Waals surface area contributed by atoms with Gasteiger partial charge in [0.1, 0.15) is 12.1 Å². The van der Waals surface area contributed by atoms with Crippen LogP contribution in [0.15, 0.2) is 48.6 Å². The number of esters is 1. The van der Waals surface area contributed by atoms with Gasteiger partial charge in [0, 0.05) is 13.0 Å². The average Bonchev–Trinajstić information content (AvgIpc) is 3.20. The Hall–Kier alpha value is -2.07. The molecule has 10 nitrogen and oxygen atoms in total. The lowest BCUT2D eigenvalue weighted by Gasteiger charge is -2.20. The van der Waals surface area contributed by atoms with Crippen molar-refractivity contribution in [2.45, 2.75) is 212 Å². The van der Waals surface area contributed by atoms with Gasteiger partial charge in [0.05, 0.1) is 19.8 Å². The molecule has 0 radical (unpaired) electrons. The van der Waals surface area contributed by atoms with Crippen LogP contribution in [-0.2, 0) is 32.7 Å². The van der Waals surface area contributed by atoms with Crippen LogP contribution in [0.4, 0.5) is 0 Å². The highest BCUT2D eigenvalue weighted by molar-refractivity contribution is 7.47. The molecule has 0 amide bonds. The summed E-state index contributed by atoms with van der Waals surface area (Å²) in [6, 6.07) is -1.48. The standard InChI is InChI=1S/C47H86NO9P/c1-3-5-7-9-11-13-15-17-19-21-22-23-24-26-28-30-32-34-36-38-40-54-41-44(42-55-58(52,53)56-43-45(48)47(50)51)57-46(49)39-37-35-33-31-29-27-25-20-18-16-14-12-10-8-6-4-2/h11,13,17,19-20,22-23,25,44-45H,3-10,12,14-16,18,21,24,26-43,48H2,1-2H3,(H,50,51)(H,52,53)/b13-11-,19-17-,23-22-,25-20-. The zero-order valence-corrected chi connectivity index (χ0v) is 37.8. The molecule has 0 aromatic heterocycles. The van der Waals surface area contributed by atoms with Crippen LogP contribution in [0.1, 0.15) is 200 Å². The number of rotatable bonds is 44. The Balaban J connectivity index is 4.24. The summed E-state index contributed by atoms with van der Waals surface area (Å²) in [5.74, 6) is -1.79. The zero-order valence-electron chi connectivity index (χ0n) is 36.9. The molecule has 4 N–H and O–H groups in total. The number of hydrogen-bond acceptors (Lipinski definition) is 8. The van der Waals surface area contributed by atoms with Gasteiger partial charge in [0.2, 0.25) is 0 Å². The number of carbonyl (C=O) groups excluding carboxylic acids is 1. The van der Waals surface area contributed by atoms with Gasteiger partial charge in [0.25, 0.3) is 0 Å². The Morgan fingerprint density at radius 3 is 1.47 bits per heavy atom. The predicted molar refractivity (Wildman–Crippen MR) is 240 cm³/mol. The highest BCUT2D eigenvalue weighted by Crippen LogP contribution is 2.43. The highest BCUT2D eigenvalue weighted by Gasteiger charge is 2.27. The fourth-order valence-electron chi connectivity index (χ4n) is 6.19. The molecular formula is C47H86NO9P. The average molecular weight is 840 g/mol. The SMILES string of the molecule is CCCCC/C=C\C/C=C\C/C=C\CCCCCCCCCOCC(COP(=O)(O)OCC(N)C(=O)O)OC(=O)CCCCCCC/C=C\CCCCCCCCC. The maximum absolute atomic E-state index is 12.6. The fourth-order valence-corrected chi connectivity index (χ4v) is 6.97. The predicted octanol–water partition coefficient (Wildman–Crippen LogP) is 13.0. The third-order valence-electron chi connectivity index (χ3n) is 9.83. The van der Waals surface area contributed by atoms with E-state index in [1.54, 1.807) is 0 Å². The normalized spacial score (nSPS) is 14.3. The molecule has 0 aromatic rings. The number of unbranched alkanes of at least 4 members (excludes halogenated alkanes) is 22. The molecule has 3 unspecified atom stereocenters. The van der Waals surface area contributed by atoms with Crippen molar-refractivity contribution in [1.82, 2.24) is 0 Å². The quantitative estimate of drug-likeness (QED) is 0.0234. The number of ether oxygens (including phenoxy) is 2. The summed E-state index contributed by atoms with van der Waals surface area (Å²) in [5, 5.41) is 8.91. The summed E-state index contributed by atoms with van der Waals surface area (Å²) >= 11 is 0. The van der Waals surface area contributed by atoms with Gasteiger partial charge in [-0.2, -0.15) is 0 Å². The van der Waals surface area contributed by atoms with E-state index in [9.17, 15) is 19.0 Å². The van der Waals surface area contributed by atoms with E-state index in [1.165, 1.54) is 103 Å². The van der Waals surface area contributed by atoms with E-state index < -0.39 is 45.1 Å². The summed E-state index contributed by atoms with van der Waals surface area (Å²) in [4.78, 5) is 33.6. The van der Waals surface area contributed by atoms with Gasteiger partial charge < -0.3 is 25.2 Å². The molecule has 0 spiro atoms. The molecule has 338 valence electrons. The fraction of sp³-hybridized carbons (Fsp3) is 0.787. The van der Waals surface area contributed by atoms with Gasteiger partial charge in [-0.3, -0.25) is 18.6 Å². The van der Waals surface area contributed by atoms with Crippen molar-refractivity contribution < 1.29 is 42.7 Å². The minimum absolute atomic E-state index is 0.00629. The number of phosphoric ester groups is 1. The molecular weight excluding hydrogens is 753 g/mol. The summed E-state index contributed by atoms with van der Waals surface area (Å²) in [7, 11) is -4.62. The van der Waals surface area contributed by atoms with Crippen LogP contribution in [0.2, 0.25) is 0 Å². The first kappa shape index (κ1) is 55.9. The lowest BCUT2D eigenvalue weighted by molar-refractivity contribution is -0.154. The van der Waals surface area contributed by atoms with Gasteiger partial charge in [-0.25, -0.2) is 4.57 Å². The third-order valence-corrected chi connectivity index (χ3v) is 10.8. The smallest absolute Gasteiger partial charge is 0.472 e. The van der Waals surface area contributed by atoms with Crippen molar-refractivity contribution in [2.24, 2.45) is 5.73 Å². The molecule has 0 aliphatic heterocycles. The summed E-state index contributed by atoms with van der Waals surface area (Å²) < 4.78 is 33.4. The van der Waals surface area contributed by atoms with E-state index in [1.807, 2.05) is 0 Å². The molecule has 58 heavy (non-hydrogen) atoms. The van der Waals surface area contributed by atoms with Crippen LogP contribution in [0.25, 0.3) is 0 Å². The van der Waals surface area contributed by atoms with Crippen molar-refractivity contribution in [2.75, 3.05) is 26.4 Å². The topological polar surface area (TPSA) is 155 Å². The van der Waals surface area contributed by atoms with Crippen LogP contribution in [0.3, 0.4) is 0 Å². The van der Waals surface area contributed by atoms with Crippen LogP contribution in [0.5, 0.6) is 0 Å². The van der Waals surface area contributed by atoms with Crippen LogP contribution in [-0.4, -0.2) is 60.5 Å². The number of nitrogens with two attached hydrogens (primary N) is 1. The number of carboxylic acid groups (broad SMARTS) is 1. The molecule has 0 aliphatic rings. The molecule has 0 heterocycles. The largest absolute Gasteiger partial charge is 0.480 e. The highest BCUT2D eigenvalue weighted by atomic mass is 31.2. The summed E-state index contributed by atoms with van der Waals surface area (Å²) in [6.07, 6.45) is 50.1. The number of carbonyl (C=O) groups is 2. The number of aliphatic carboxylic acids is 1. The Kier molecular flexibility index (Phi) is 41.5. The van der Waals surface area contributed by atoms with Gasteiger partial charge >= 0.3 is 19.8 Å². The van der Waals surface area contributed by atoms with E-state index in [-0.39, 0.29) is 13.0 Å². The first-order valence-electron chi connectivity index (χ1n) is 23.2. The van der Waals surface area contributed by atoms with Crippen molar-refractivity contribution in [3.8, 4) is 0 Å². The molecule has 0 fully saturated rings. The first-order valence-corrected chi connectivity index (χ1v) is 24.7. The monoisotopic (exact) mass is 840 g/mol. The Morgan fingerprint density at radius 1 is 0.552 bits per heavy atom. The van der Waals surface area contributed by atoms with E-state index in [0.717, 1.165) is 70.6 Å². The van der Waals surface area contributed by atoms with Gasteiger partial charge in [-0.1, -0.05) is 165 Å². The number of carboxylic acids is 1. The summed E-state index contributed by atoms with van der Waals surface area (Å²) in [5.41, 5.74) is 5.36. The third kappa shape index (κ3) is 42.1. The second-order valence-electron chi connectivity index (χ2n) is 15.5. The van der Waals surface area contributed by atoms with E-state index >= 15 is 0 Å². The van der Waals surface area contributed by atoms with Gasteiger partial charge in [0.15, 0.2) is 0 Å². The molecule has 0 bridgehead atoms. The van der Waals surface area contributed by atoms with Crippen molar-refractivity contribution >= 4 is 19.8 Å². The molecule has 0 rings (SSSR count). The lowest BCUT2D eigenvalue weighted by Crippen LogP contribution is -2.34. The van der Waals surface area contributed by atoms with Crippen molar-refractivity contribution in [3.63, 3.8) is 0 Å². The Morgan fingerprint density at radius 2 is 0.948 bits per heavy atom. The Bertz CT molecular complexity index is 1110. The van der Waals surface area contributed by atoms with E-state index in [2.05, 4.69) is 62.5 Å². The molecule has 11 heteroatoms. The summed E-state index contributed by atoms with van der Waals surface area (Å²) in [6.45, 7) is 3.83. The molecule has 0 aromatic carbocycles. The van der Waals surface area contributed by atoms with Crippen LogP contribution >= 0.6 is 7.82 Å². The molecule has 0 saturated carbocycles. The van der Waals surface area contributed by atoms with Crippen molar-refractivity contribution in [3.05, 3.63) is 48.6 Å². The number of allylic oxidation sites excluding steroid dienone is 8. The first-order chi connectivity index (χ1) is 28.2. The van der Waals surface area contributed by atoms with E-state index in [4.69, 9.17) is 29.4 Å². The van der Waals surface area contributed by atoms with Crippen molar-refractivity contribution in [1.29, 1.82) is 0 Å². The number of phosphoric acid groups is 1. The minimum Gasteiger partial charge on any atom is -0.480 e. The lowest BCUT2D eigenvalue weighted by atomic mass is 10.1. The zero-order chi connectivity index (χ0) is 42.6. The van der Waals surface area contributed by atoms with Gasteiger partial charge in [-0.05, 0) is 77.0 Å². The van der Waals surface area contributed by atoms with E-state index in [0.29, 0.717) is 13.0 Å². The number of hydrogen-bond donors (Lipinski definition) is 3. The maximum Gasteiger partial charge on any atom is 0.472 e. The van der Waals surface area contributed by atoms with Crippen LogP contribution in [0, 0.1) is 0 Å². The second-order valence-corrected chi connectivity index (χ2v) is 17.0. The molecule has 0 saturated heterocycles. The van der Waals surface area contributed by atoms with Crippen LogP contribution < -0.4 is 5.73 Å². The Labute approximate surface area is 354 Å².